The minimum atomic E-state index is -0.481. The Morgan fingerprint density at radius 1 is 1.50 bits per heavy atom. The number of carbonyl (C=O) groups excluding carboxylic acids is 1. The van der Waals surface area contributed by atoms with Gasteiger partial charge in [0.15, 0.2) is 11.6 Å². The molecule has 0 bridgehead atoms. The molecule has 0 atom stereocenters. The van der Waals surface area contributed by atoms with Crippen molar-refractivity contribution in [2.75, 3.05) is 7.11 Å². The number of nitrogens with zero attached hydrogens (tertiary/aromatic N) is 2. The number of rotatable bonds is 3. The van der Waals surface area contributed by atoms with Crippen LogP contribution in [0.1, 0.15) is 10.7 Å². The quantitative estimate of drug-likeness (QED) is 0.739. The molecule has 0 amide bonds. The van der Waals surface area contributed by atoms with E-state index in [2.05, 4.69) is 14.7 Å². The summed E-state index contributed by atoms with van der Waals surface area (Å²) in [5.74, 6) is -0.320. The highest BCUT2D eigenvalue weighted by Crippen LogP contribution is 2.24. The molecular formula is C10H7FN2O3. The number of benzene rings is 1. The summed E-state index contributed by atoms with van der Waals surface area (Å²) in [5, 5.41) is 3.57. The smallest absolute Gasteiger partial charge is 0.291 e. The normalized spacial score (nSPS) is 10.1. The monoisotopic (exact) mass is 222 g/mol. The molecule has 5 nitrogen and oxygen atoms in total. The van der Waals surface area contributed by atoms with E-state index in [1.807, 2.05) is 0 Å². The fourth-order valence-corrected chi connectivity index (χ4v) is 1.20. The lowest BCUT2D eigenvalue weighted by Crippen LogP contribution is -1.89. The number of ether oxygens (including phenoxy) is 1. The van der Waals surface area contributed by atoms with Gasteiger partial charge in [0.05, 0.1) is 7.11 Å². The van der Waals surface area contributed by atoms with Crippen LogP contribution in [0.15, 0.2) is 22.7 Å². The van der Waals surface area contributed by atoms with Crippen molar-refractivity contribution in [3.63, 3.8) is 0 Å². The summed E-state index contributed by atoms with van der Waals surface area (Å²) in [6.45, 7) is 0. The van der Waals surface area contributed by atoms with Gasteiger partial charge >= 0.3 is 0 Å². The molecule has 0 aliphatic rings. The maximum atomic E-state index is 13.1. The minimum Gasteiger partial charge on any atom is -0.494 e. The Kier molecular flexibility index (Phi) is 2.63. The number of carbonyl (C=O) groups is 1. The first-order valence-corrected chi connectivity index (χ1v) is 4.37. The molecular weight excluding hydrogens is 215 g/mol. The molecule has 0 saturated heterocycles. The van der Waals surface area contributed by atoms with E-state index in [0.29, 0.717) is 11.8 Å². The van der Waals surface area contributed by atoms with E-state index in [1.54, 1.807) is 0 Å². The Balaban J connectivity index is 2.43. The molecule has 0 unspecified atom stereocenters. The first-order valence-electron chi connectivity index (χ1n) is 4.37. The van der Waals surface area contributed by atoms with Crippen LogP contribution in [0.5, 0.6) is 5.75 Å². The predicted octanol–water partition coefficient (Wildman–Crippen LogP) is 1.70. The lowest BCUT2D eigenvalue weighted by Gasteiger charge is -2.02. The van der Waals surface area contributed by atoms with Crippen LogP contribution in [0.25, 0.3) is 11.4 Å². The van der Waals surface area contributed by atoms with Crippen molar-refractivity contribution in [1.82, 2.24) is 10.1 Å². The van der Waals surface area contributed by atoms with Crippen LogP contribution >= 0.6 is 0 Å². The van der Waals surface area contributed by atoms with Gasteiger partial charge in [0, 0.05) is 5.56 Å². The molecule has 0 spiro atoms. The summed E-state index contributed by atoms with van der Waals surface area (Å²) >= 11 is 0. The molecule has 0 N–H and O–H groups in total. The van der Waals surface area contributed by atoms with Crippen LogP contribution in [0.4, 0.5) is 4.39 Å². The van der Waals surface area contributed by atoms with Gasteiger partial charge in [-0.15, -0.1) is 0 Å². The maximum Gasteiger partial charge on any atom is 0.291 e. The minimum absolute atomic E-state index is 0.0787. The lowest BCUT2D eigenvalue weighted by atomic mass is 10.2. The third kappa shape index (κ3) is 1.77. The Bertz CT molecular complexity index is 525. The third-order valence-electron chi connectivity index (χ3n) is 1.95. The molecule has 16 heavy (non-hydrogen) atoms. The summed E-state index contributed by atoms with van der Waals surface area (Å²) in [6, 6.07) is 4.12. The van der Waals surface area contributed by atoms with Crippen LogP contribution in [0.3, 0.4) is 0 Å². The highest BCUT2D eigenvalue weighted by Gasteiger charge is 2.10. The average Bonchev–Trinajstić information content (AvgIpc) is 2.78. The van der Waals surface area contributed by atoms with Crippen molar-refractivity contribution in [2.45, 2.75) is 0 Å². The zero-order chi connectivity index (χ0) is 11.5. The van der Waals surface area contributed by atoms with Crippen LogP contribution < -0.4 is 4.74 Å². The van der Waals surface area contributed by atoms with Gasteiger partial charge in [-0.05, 0) is 18.2 Å². The highest BCUT2D eigenvalue weighted by atomic mass is 19.1. The molecule has 6 heteroatoms. The molecule has 0 fully saturated rings. The number of hydrogen-bond acceptors (Lipinski definition) is 5. The highest BCUT2D eigenvalue weighted by molar-refractivity contribution is 5.69. The van der Waals surface area contributed by atoms with Gasteiger partial charge in [0.1, 0.15) is 0 Å². The molecule has 0 radical (unpaired) electrons. The van der Waals surface area contributed by atoms with E-state index in [4.69, 9.17) is 4.74 Å². The van der Waals surface area contributed by atoms with Crippen molar-refractivity contribution in [3.8, 4) is 17.1 Å². The van der Waals surface area contributed by atoms with Gasteiger partial charge in [0.25, 0.3) is 5.89 Å². The van der Waals surface area contributed by atoms with Crippen molar-refractivity contribution in [1.29, 1.82) is 0 Å². The number of aldehydes is 1. The Morgan fingerprint density at radius 3 is 2.94 bits per heavy atom. The number of methoxy groups -OCH3 is 1. The van der Waals surface area contributed by atoms with E-state index in [9.17, 15) is 9.18 Å². The largest absolute Gasteiger partial charge is 0.494 e. The van der Waals surface area contributed by atoms with Gasteiger partial charge in [-0.25, -0.2) is 4.39 Å². The van der Waals surface area contributed by atoms with E-state index < -0.39 is 5.82 Å². The van der Waals surface area contributed by atoms with Crippen LogP contribution in [-0.4, -0.2) is 23.5 Å². The lowest BCUT2D eigenvalue weighted by molar-refractivity contribution is 0.108. The van der Waals surface area contributed by atoms with E-state index in [0.717, 1.165) is 0 Å². The van der Waals surface area contributed by atoms with Crippen LogP contribution in [0, 0.1) is 5.82 Å². The Hall–Kier alpha value is -2.24. The maximum absolute atomic E-state index is 13.1. The topological polar surface area (TPSA) is 65.2 Å². The summed E-state index contributed by atoms with van der Waals surface area (Å²) in [6.07, 6.45) is 0.442. The first-order chi connectivity index (χ1) is 7.74. The summed E-state index contributed by atoms with van der Waals surface area (Å²) in [7, 11) is 1.36. The SMILES string of the molecule is COc1cc(-c2noc(C=O)n2)ccc1F. The molecule has 0 aliphatic heterocycles. The van der Waals surface area contributed by atoms with Gasteiger partial charge in [0.2, 0.25) is 12.1 Å². The molecule has 0 aliphatic carbocycles. The van der Waals surface area contributed by atoms with Gasteiger partial charge in [-0.1, -0.05) is 5.16 Å². The van der Waals surface area contributed by atoms with E-state index in [-0.39, 0.29) is 17.5 Å². The van der Waals surface area contributed by atoms with E-state index in [1.165, 1.54) is 25.3 Å². The second kappa shape index (κ2) is 4.09. The van der Waals surface area contributed by atoms with Crippen molar-refractivity contribution >= 4 is 6.29 Å². The van der Waals surface area contributed by atoms with Crippen molar-refractivity contribution in [2.24, 2.45) is 0 Å². The molecule has 1 aromatic heterocycles. The summed E-state index contributed by atoms with van der Waals surface area (Å²) < 4.78 is 22.5. The summed E-state index contributed by atoms with van der Waals surface area (Å²) in [5.41, 5.74) is 0.509. The standard InChI is InChI=1S/C10H7FN2O3/c1-15-8-4-6(2-3-7(8)11)10-12-9(5-14)16-13-10/h2-5H,1H3. The van der Waals surface area contributed by atoms with E-state index >= 15 is 0 Å². The fourth-order valence-electron chi connectivity index (χ4n) is 1.20. The van der Waals surface area contributed by atoms with Gasteiger partial charge in [-0.2, -0.15) is 4.98 Å². The second-order valence-corrected chi connectivity index (χ2v) is 2.92. The van der Waals surface area contributed by atoms with Gasteiger partial charge < -0.3 is 9.26 Å². The number of halogens is 1. The Morgan fingerprint density at radius 2 is 2.31 bits per heavy atom. The number of hydrogen-bond donors (Lipinski definition) is 0. The van der Waals surface area contributed by atoms with Crippen LogP contribution in [-0.2, 0) is 0 Å². The average molecular weight is 222 g/mol. The van der Waals surface area contributed by atoms with Gasteiger partial charge in [-0.3, -0.25) is 4.79 Å². The molecule has 2 rings (SSSR count). The molecule has 1 aromatic carbocycles. The zero-order valence-electron chi connectivity index (χ0n) is 8.31. The van der Waals surface area contributed by atoms with Crippen molar-refractivity contribution in [3.05, 3.63) is 29.9 Å². The number of aromatic nitrogens is 2. The molecule has 82 valence electrons. The van der Waals surface area contributed by atoms with Crippen LogP contribution in [0.2, 0.25) is 0 Å². The third-order valence-corrected chi connectivity index (χ3v) is 1.95. The first kappa shape index (κ1) is 10.3. The molecule has 0 saturated carbocycles. The fraction of sp³-hybridized carbons (Fsp3) is 0.100. The Labute approximate surface area is 89.8 Å². The summed E-state index contributed by atoms with van der Waals surface area (Å²) in [4.78, 5) is 14.1. The van der Waals surface area contributed by atoms with Crippen molar-refractivity contribution < 1.29 is 18.4 Å². The second-order valence-electron chi connectivity index (χ2n) is 2.92. The molecule has 2 aromatic rings. The predicted molar refractivity (Wildman–Crippen MR) is 51.6 cm³/mol. The zero-order valence-corrected chi connectivity index (χ0v) is 8.31. The molecule has 1 heterocycles.